The van der Waals surface area contributed by atoms with E-state index in [-0.39, 0.29) is 5.95 Å². The number of nitrogens with two attached hydrogens (primary N) is 1. The Morgan fingerprint density at radius 1 is 1.56 bits per heavy atom. The van der Waals surface area contributed by atoms with Crippen LogP contribution in [0.5, 0.6) is 0 Å². The summed E-state index contributed by atoms with van der Waals surface area (Å²) in [5, 5.41) is 3.62. The van der Waals surface area contributed by atoms with Gasteiger partial charge in [0.1, 0.15) is 5.02 Å². The van der Waals surface area contributed by atoms with Crippen molar-refractivity contribution in [3.05, 3.63) is 11.2 Å². The molecule has 0 radical (unpaired) electrons. The van der Waals surface area contributed by atoms with E-state index in [9.17, 15) is 0 Å². The zero-order valence-electron chi connectivity index (χ0n) is 9.87. The van der Waals surface area contributed by atoms with E-state index >= 15 is 0 Å². The van der Waals surface area contributed by atoms with Gasteiger partial charge in [0.2, 0.25) is 5.95 Å². The first-order valence-electron chi connectivity index (χ1n) is 5.23. The van der Waals surface area contributed by atoms with Crippen molar-refractivity contribution in [1.29, 1.82) is 0 Å². The molecule has 0 fully saturated rings. The van der Waals surface area contributed by atoms with Crippen LogP contribution in [0.4, 0.5) is 11.8 Å². The Morgan fingerprint density at radius 2 is 2.25 bits per heavy atom. The van der Waals surface area contributed by atoms with Gasteiger partial charge in [-0.3, -0.25) is 0 Å². The maximum absolute atomic E-state index is 5.92. The van der Waals surface area contributed by atoms with E-state index in [1.165, 1.54) is 6.20 Å². The van der Waals surface area contributed by atoms with Gasteiger partial charge in [0, 0.05) is 19.1 Å². The number of halogens is 1. The molecule has 0 saturated heterocycles. The molecule has 1 rings (SSSR count). The molecule has 0 saturated carbocycles. The molecule has 90 valence electrons. The second-order valence-corrected chi connectivity index (χ2v) is 4.33. The van der Waals surface area contributed by atoms with Gasteiger partial charge in [0.15, 0.2) is 5.82 Å². The molecule has 0 aromatic carbocycles. The van der Waals surface area contributed by atoms with E-state index in [1.807, 2.05) is 0 Å². The van der Waals surface area contributed by atoms with Gasteiger partial charge in [0.05, 0.1) is 6.20 Å². The van der Waals surface area contributed by atoms with Gasteiger partial charge < -0.3 is 16.0 Å². The van der Waals surface area contributed by atoms with Crippen LogP contribution >= 0.6 is 11.6 Å². The van der Waals surface area contributed by atoms with E-state index in [0.717, 1.165) is 13.1 Å². The molecule has 0 aliphatic heterocycles. The van der Waals surface area contributed by atoms with Crippen LogP contribution in [0, 0.1) is 0 Å². The topological polar surface area (TPSA) is 67.1 Å². The number of anilines is 2. The summed E-state index contributed by atoms with van der Waals surface area (Å²) in [7, 11) is 2.07. The number of likely N-dealkylation sites (N-methyl/N-ethyl adjacent to an activating group) is 1. The van der Waals surface area contributed by atoms with Crippen LogP contribution < -0.4 is 11.1 Å². The number of nitrogens with zero attached hydrogens (tertiary/aromatic N) is 3. The molecular weight excluding hydrogens is 226 g/mol. The molecule has 1 aromatic rings. The number of aromatic nitrogens is 2. The van der Waals surface area contributed by atoms with Crippen molar-refractivity contribution in [3.63, 3.8) is 0 Å². The normalized spacial score (nSPS) is 11.1. The Hall–Kier alpha value is -1.07. The van der Waals surface area contributed by atoms with Crippen LogP contribution in [0.15, 0.2) is 6.20 Å². The predicted molar refractivity (Wildman–Crippen MR) is 67.7 cm³/mol. The van der Waals surface area contributed by atoms with Crippen molar-refractivity contribution in [2.75, 3.05) is 31.2 Å². The summed E-state index contributed by atoms with van der Waals surface area (Å²) >= 11 is 5.92. The summed E-state index contributed by atoms with van der Waals surface area (Å²) in [5.41, 5.74) is 5.48. The van der Waals surface area contributed by atoms with Crippen molar-refractivity contribution in [2.45, 2.75) is 19.9 Å². The van der Waals surface area contributed by atoms with Crippen LogP contribution in [0.1, 0.15) is 13.8 Å². The van der Waals surface area contributed by atoms with E-state index in [2.05, 4.69) is 41.1 Å². The van der Waals surface area contributed by atoms with Crippen molar-refractivity contribution >= 4 is 23.4 Å². The number of nitrogens with one attached hydrogen (secondary N) is 1. The van der Waals surface area contributed by atoms with Gasteiger partial charge in [-0.05, 0) is 20.9 Å². The van der Waals surface area contributed by atoms with Gasteiger partial charge in [-0.15, -0.1) is 0 Å². The number of hydrogen-bond donors (Lipinski definition) is 2. The van der Waals surface area contributed by atoms with Crippen molar-refractivity contribution in [3.8, 4) is 0 Å². The third kappa shape index (κ3) is 3.83. The third-order valence-corrected chi connectivity index (χ3v) is 2.68. The van der Waals surface area contributed by atoms with E-state index < -0.39 is 0 Å². The molecule has 0 unspecified atom stereocenters. The highest BCUT2D eigenvalue weighted by Crippen LogP contribution is 2.17. The minimum Gasteiger partial charge on any atom is -0.368 e. The van der Waals surface area contributed by atoms with Crippen molar-refractivity contribution < 1.29 is 0 Å². The molecule has 1 aromatic heterocycles. The summed E-state index contributed by atoms with van der Waals surface area (Å²) in [6, 6.07) is 0.521. The second kappa shape index (κ2) is 5.86. The monoisotopic (exact) mass is 243 g/mol. The lowest BCUT2D eigenvalue weighted by Crippen LogP contribution is -2.31. The average Bonchev–Trinajstić information content (AvgIpc) is 2.22. The zero-order chi connectivity index (χ0) is 12.1. The third-order valence-electron chi connectivity index (χ3n) is 2.40. The van der Waals surface area contributed by atoms with Crippen molar-refractivity contribution in [2.24, 2.45) is 0 Å². The summed E-state index contributed by atoms with van der Waals surface area (Å²) in [6.45, 7) is 5.98. The van der Waals surface area contributed by atoms with Crippen molar-refractivity contribution in [1.82, 2.24) is 14.9 Å². The van der Waals surface area contributed by atoms with Gasteiger partial charge in [-0.25, -0.2) is 4.98 Å². The largest absolute Gasteiger partial charge is 0.368 e. The average molecular weight is 244 g/mol. The standard InChI is InChI=1S/C10H18ClN5/c1-7(2)16(3)5-4-13-9-8(11)6-14-10(12)15-9/h6-7H,4-5H2,1-3H3,(H3,12,13,14,15). The molecule has 5 nitrogen and oxygen atoms in total. The highest BCUT2D eigenvalue weighted by atomic mass is 35.5. The molecular formula is C10H18ClN5. The van der Waals surface area contributed by atoms with Crippen LogP contribution in [-0.2, 0) is 0 Å². The SMILES string of the molecule is CC(C)N(C)CCNc1nc(N)ncc1Cl. The molecule has 0 amide bonds. The first kappa shape index (κ1) is 13.0. The maximum Gasteiger partial charge on any atom is 0.222 e. The Kier molecular flexibility index (Phi) is 4.76. The lowest BCUT2D eigenvalue weighted by Gasteiger charge is -2.21. The molecule has 0 aliphatic rings. The van der Waals surface area contributed by atoms with Gasteiger partial charge >= 0.3 is 0 Å². The summed E-state index contributed by atoms with van der Waals surface area (Å²) in [5.74, 6) is 0.815. The summed E-state index contributed by atoms with van der Waals surface area (Å²) < 4.78 is 0. The molecule has 3 N–H and O–H groups in total. The molecule has 0 bridgehead atoms. The van der Waals surface area contributed by atoms with Crippen LogP contribution in [-0.4, -0.2) is 41.0 Å². The smallest absolute Gasteiger partial charge is 0.222 e. The quantitative estimate of drug-likeness (QED) is 0.820. The summed E-state index contributed by atoms with van der Waals surface area (Å²) in [6.07, 6.45) is 1.50. The molecule has 0 atom stereocenters. The second-order valence-electron chi connectivity index (χ2n) is 3.93. The summed E-state index contributed by atoms with van der Waals surface area (Å²) in [4.78, 5) is 10.0. The van der Waals surface area contributed by atoms with Gasteiger partial charge in [-0.1, -0.05) is 11.6 Å². The van der Waals surface area contributed by atoms with E-state index in [1.54, 1.807) is 0 Å². The number of nitrogen functional groups attached to an aromatic ring is 1. The molecule has 0 aliphatic carbocycles. The van der Waals surface area contributed by atoms with Gasteiger partial charge in [-0.2, -0.15) is 4.98 Å². The Morgan fingerprint density at radius 3 is 2.88 bits per heavy atom. The molecule has 1 heterocycles. The molecule has 16 heavy (non-hydrogen) atoms. The molecule has 6 heteroatoms. The minimum atomic E-state index is 0.226. The fourth-order valence-electron chi connectivity index (χ4n) is 1.11. The van der Waals surface area contributed by atoms with Crippen LogP contribution in [0.2, 0.25) is 5.02 Å². The van der Waals surface area contributed by atoms with Crippen LogP contribution in [0.25, 0.3) is 0 Å². The first-order valence-corrected chi connectivity index (χ1v) is 5.60. The lowest BCUT2D eigenvalue weighted by molar-refractivity contribution is 0.284. The molecule has 0 spiro atoms. The Labute approximate surface area is 101 Å². The Balaban J connectivity index is 2.45. The number of rotatable bonds is 5. The lowest BCUT2D eigenvalue weighted by atomic mass is 10.3. The number of hydrogen-bond acceptors (Lipinski definition) is 5. The van der Waals surface area contributed by atoms with E-state index in [4.69, 9.17) is 17.3 Å². The fraction of sp³-hybridized carbons (Fsp3) is 0.600. The minimum absolute atomic E-state index is 0.226. The highest BCUT2D eigenvalue weighted by molar-refractivity contribution is 6.32. The van der Waals surface area contributed by atoms with Crippen LogP contribution in [0.3, 0.4) is 0 Å². The van der Waals surface area contributed by atoms with Gasteiger partial charge in [0.25, 0.3) is 0 Å². The Bertz CT molecular complexity index is 342. The predicted octanol–water partition coefficient (Wildman–Crippen LogP) is 1.46. The highest BCUT2D eigenvalue weighted by Gasteiger charge is 2.05. The zero-order valence-corrected chi connectivity index (χ0v) is 10.6. The van der Waals surface area contributed by atoms with E-state index in [0.29, 0.717) is 16.9 Å². The first-order chi connectivity index (χ1) is 7.50. The maximum atomic E-state index is 5.92. The fourth-order valence-corrected chi connectivity index (χ4v) is 1.27.